The summed E-state index contributed by atoms with van der Waals surface area (Å²) in [6.07, 6.45) is 5.13. The summed E-state index contributed by atoms with van der Waals surface area (Å²) in [6.45, 7) is 0.892. The van der Waals surface area contributed by atoms with Crippen LogP contribution in [0.1, 0.15) is 29.6 Å². The Morgan fingerprint density at radius 2 is 2.10 bits per heavy atom. The molecule has 2 aliphatic rings. The third-order valence-corrected chi connectivity index (χ3v) is 4.56. The van der Waals surface area contributed by atoms with E-state index in [1.54, 1.807) is 0 Å². The third kappa shape index (κ3) is 1.68. The molecule has 0 radical (unpaired) electrons. The highest BCUT2D eigenvalue weighted by molar-refractivity contribution is 6.00. The zero-order valence-corrected chi connectivity index (χ0v) is 11.2. The Balaban J connectivity index is 1.63. The number of nitrogens with zero attached hydrogens (tertiary/aromatic N) is 2. The maximum atomic E-state index is 12.7. The van der Waals surface area contributed by atoms with Gasteiger partial charge in [0.2, 0.25) is 0 Å². The van der Waals surface area contributed by atoms with Crippen molar-refractivity contribution in [2.24, 2.45) is 5.92 Å². The van der Waals surface area contributed by atoms with Crippen LogP contribution in [0.2, 0.25) is 0 Å². The number of fused-ring (bicyclic) bond motifs is 1. The molecule has 1 aromatic heterocycles. The fourth-order valence-corrected chi connectivity index (χ4v) is 3.47. The first kappa shape index (κ1) is 11.7. The Labute approximate surface area is 117 Å². The Bertz CT molecular complexity index is 635. The van der Waals surface area contributed by atoms with Crippen LogP contribution in [0.15, 0.2) is 41.1 Å². The number of hydrogen-bond donors (Lipinski definition) is 0. The molecular weight excluding hydrogens is 252 g/mol. The highest BCUT2D eigenvalue weighted by atomic mass is 16.5. The zero-order chi connectivity index (χ0) is 13.5. The summed E-state index contributed by atoms with van der Waals surface area (Å²) < 4.78 is 5.05. The number of carbonyl (C=O) groups excluding carboxylic acids is 1. The normalized spacial score (nSPS) is 24.3. The molecule has 4 nitrogen and oxygen atoms in total. The van der Waals surface area contributed by atoms with Crippen LogP contribution in [-0.4, -0.2) is 28.6 Å². The molecule has 4 heteroatoms. The van der Waals surface area contributed by atoms with E-state index in [-0.39, 0.29) is 5.91 Å². The van der Waals surface area contributed by atoms with Crippen LogP contribution in [0.4, 0.5) is 0 Å². The molecule has 0 unspecified atom stereocenters. The summed E-state index contributed by atoms with van der Waals surface area (Å²) in [4.78, 5) is 14.6. The van der Waals surface area contributed by atoms with Crippen molar-refractivity contribution in [3.05, 3.63) is 42.2 Å². The van der Waals surface area contributed by atoms with E-state index >= 15 is 0 Å². The highest BCUT2D eigenvalue weighted by Crippen LogP contribution is 2.40. The van der Waals surface area contributed by atoms with Crippen molar-refractivity contribution < 1.29 is 9.32 Å². The summed E-state index contributed by atoms with van der Waals surface area (Å²) in [6, 6.07) is 10.2. The van der Waals surface area contributed by atoms with Crippen LogP contribution >= 0.6 is 0 Å². The standard InChI is InChI=1S/C16H16N2O2/c19-16(18-9-12-7-4-8-14(12)18)13-10-20-17-15(13)11-5-2-1-3-6-11/h1-3,5-6,10,12,14H,4,7-9H2/t12-,14-/m0/s1. The van der Waals surface area contributed by atoms with Gasteiger partial charge in [-0.15, -0.1) is 0 Å². The van der Waals surface area contributed by atoms with E-state index in [1.807, 2.05) is 35.2 Å². The predicted octanol–water partition coefficient (Wildman–Crippen LogP) is 2.97. The van der Waals surface area contributed by atoms with E-state index < -0.39 is 0 Å². The molecule has 102 valence electrons. The van der Waals surface area contributed by atoms with Crippen molar-refractivity contribution in [2.75, 3.05) is 6.54 Å². The second kappa shape index (κ2) is 4.47. The molecule has 1 saturated carbocycles. The molecule has 1 aromatic carbocycles. The van der Waals surface area contributed by atoms with Crippen molar-refractivity contribution >= 4 is 5.91 Å². The molecule has 1 saturated heterocycles. The van der Waals surface area contributed by atoms with Gasteiger partial charge < -0.3 is 9.42 Å². The number of aromatic nitrogens is 1. The minimum Gasteiger partial charge on any atom is -0.363 e. The summed E-state index contributed by atoms with van der Waals surface area (Å²) in [5.74, 6) is 0.784. The number of hydrogen-bond acceptors (Lipinski definition) is 3. The topological polar surface area (TPSA) is 46.3 Å². The maximum absolute atomic E-state index is 12.7. The number of rotatable bonds is 2. The summed E-state index contributed by atoms with van der Waals surface area (Å²) in [5.41, 5.74) is 2.16. The van der Waals surface area contributed by atoms with Crippen LogP contribution in [0, 0.1) is 5.92 Å². The number of benzene rings is 1. The lowest BCUT2D eigenvalue weighted by atomic mass is 9.91. The van der Waals surface area contributed by atoms with Crippen molar-refractivity contribution in [3.63, 3.8) is 0 Å². The molecule has 1 amide bonds. The fourth-order valence-electron chi connectivity index (χ4n) is 3.47. The first-order chi connectivity index (χ1) is 9.84. The van der Waals surface area contributed by atoms with Crippen molar-refractivity contribution in [3.8, 4) is 11.3 Å². The summed E-state index contributed by atoms with van der Waals surface area (Å²) >= 11 is 0. The lowest BCUT2D eigenvalue weighted by molar-refractivity contribution is 0.0269. The summed E-state index contributed by atoms with van der Waals surface area (Å²) in [7, 11) is 0. The van der Waals surface area contributed by atoms with Gasteiger partial charge in [0.05, 0.1) is 0 Å². The van der Waals surface area contributed by atoms with Crippen molar-refractivity contribution in [2.45, 2.75) is 25.3 Å². The predicted molar refractivity (Wildman–Crippen MR) is 74.1 cm³/mol. The molecule has 0 bridgehead atoms. The van der Waals surface area contributed by atoms with Gasteiger partial charge in [0.25, 0.3) is 5.91 Å². The fraction of sp³-hybridized carbons (Fsp3) is 0.375. The van der Waals surface area contributed by atoms with Gasteiger partial charge >= 0.3 is 0 Å². The Morgan fingerprint density at radius 1 is 1.25 bits per heavy atom. The lowest BCUT2D eigenvalue weighted by Gasteiger charge is -2.44. The van der Waals surface area contributed by atoms with Crippen LogP contribution < -0.4 is 0 Å². The maximum Gasteiger partial charge on any atom is 0.259 e. The van der Waals surface area contributed by atoms with Gasteiger partial charge in [-0.25, -0.2) is 0 Å². The van der Waals surface area contributed by atoms with Crippen LogP contribution in [-0.2, 0) is 0 Å². The van der Waals surface area contributed by atoms with Gasteiger partial charge in [0.1, 0.15) is 17.5 Å². The lowest BCUT2D eigenvalue weighted by Crippen LogP contribution is -2.55. The largest absolute Gasteiger partial charge is 0.363 e. The average Bonchev–Trinajstić information content (AvgIpc) is 3.07. The second-order valence-electron chi connectivity index (χ2n) is 5.66. The average molecular weight is 268 g/mol. The second-order valence-corrected chi connectivity index (χ2v) is 5.66. The minimum absolute atomic E-state index is 0.0632. The molecule has 1 aliphatic carbocycles. The highest BCUT2D eigenvalue weighted by Gasteiger charge is 2.45. The Hall–Kier alpha value is -2.10. The van der Waals surface area contributed by atoms with E-state index in [9.17, 15) is 4.79 Å². The van der Waals surface area contributed by atoms with E-state index in [2.05, 4.69) is 5.16 Å². The number of amides is 1. The first-order valence-corrected chi connectivity index (χ1v) is 7.15. The van der Waals surface area contributed by atoms with Gasteiger partial charge in [0.15, 0.2) is 0 Å². The minimum atomic E-state index is 0.0632. The molecule has 2 fully saturated rings. The molecule has 2 heterocycles. The van der Waals surface area contributed by atoms with Gasteiger partial charge in [0, 0.05) is 18.2 Å². The molecular formula is C16H16N2O2. The van der Waals surface area contributed by atoms with Crippen molar-refractivity contribution in [1.29, 1.82) is 0 Å². The van der Waals surface area contributed by atoms with Crippen LogP contribution in [0.3, 0.4) is 0 Å². The Morgan fingerprint density at radius 3 is 2.90 bits per heavy atom. The van der Waals surface area contributed by atoms with Gasteiger partial charge in [-0.3, -0.25) is 4.79 Å². The number of carbonyl (C=O) groups is 1. The molecule has 2 atom stereocenters. The SMILES string of the molecule is O=C(c1conc1-c1ccccc1)N1C[C@@H]2CCC[C@@H]21. The van der Waals surface area contributed by atoms with Crippen molar-refractivity contribution in [1.82, 2.24) is 10.1 Å². The smallest absolute Gasteiger partial charge is 0.259 e. The van der Waals surface area contributed by atoms with Gasteiger partial charge in [-0.2, -0.15) is 0 Å². The molecule has 20 heavy (non-hydrogen) atoms. The quantitative estimate of drug-likeness (QED) is 0.841. The van der Waals surface area contributed by atoms with Gasteiger partial charge in [-0.1, -0.05) is 41.9 Å². The molecule has 1 aliphatic heterocycles. The molecule has 2 aromatic rings. The third-order valence-electron chi connectivity index (χ3n) is 4.56. The van der Waals surface area contributed by atoms with E-state index in [1.165, 1.54) is 19.1 Å². The van der Waals surface area contributed by atoms with E-state index in [0.29, 0.717) is 17.3 Å². The van der Waals surface area contributed by atoms with E-state index in [4.69, 9.17) is 4.52 Å². The Kier molecular flexibility index (Phi) is 2.62. The summed E-state index contributed by atoms with van der Waals surface area (Å²) in [5, 5.41) is 4.01. The molecule has 0 N–H and O–H groups in total. The van der Waals surface area contributed by atoms with E-state index in [0.717, 1.165) is 24.4 Å². The zero-order valence-electron chi connectivity index (χ0n) is 11.2. The molecule has 4 rings (SSSR count). The first-order valence-electron chi connectivity index (χ1n) is 7.15. The monoisotopic (exact) mass is 268 g/mol. The molecule has 0 spiro atoms. The van der Waals surface area contributed by atoms with Gasteiger partial charge in [-0.05, 0) is 18.8 Å². The number of likely N-dealkylation sites (tertiary alicyclic amines) is 1. The van der Waals surface area contributed by atoms with Crippen LogP contribution in [0.25, 0.3) is 11.3 Å². The van der Waals surface area contributed by atoms with Crippen LogP contribution in [0.5, 0.6) is 0 Å².